The SMILES string of the molecule is CN(CC(C)(C)CN)C(=O)C1=CC=CN2CCS(=O)(=O)N=C12. The summed E-state index contributed by atoms with van der Waals surface area (Å²) in [6, 6.07) is 0. The van der Waals surface area contributed by atoms with Gasteiger partial charge < -0.3 is 15.5 Å². The molecule has 0 aliphatic carbocycles. The first kappa shape index (κ1) is 16.7. The van der Waals surface area contributed by atoms with E-state index in [1.807, 2.05) is 13.8 Å². The van der Waals surface area contributed by atoms with Gasteiger partial charge in [0.25, 0.3) is 15.9 Å². The quantitative estimate of drug-likeness (QED) is 0.780. The maximum absolute atomic E-state index is 12.6. The van der Waals surface area contributed by atoms with E-state index >= 15 is 0 Å². The number of hydrogen-bond acceptors (Lipinski definition) is 5. The van der Waals surface area contributed by atoms with E-state index in [9.17, 15) is 13.2 Å². The maximum atomic E-state index is 12.6. The first-order valence-electron chi connectivity index (χ1n) is 7.09. The Kier molecular flexibility index (Phi) is 4.44. The lowest BCUT2D eigenvalue weighted by Crippen LogP contribution is -2.45. The number of hydrogen-bond donors (Lipinski definition) is 1. The van der Waals surface area contributed by atoms with Gasteiger partial charge in [-0.05, 0) is 24.1 Å². The number of rotatable bonds is 4. The second-order valence-corrected chi connectivity index (χ2v) is 8.10. The zero-order valence-corrected chi connectivity index (χ0v) is 13.9. The lowest BCUT2D eigenvalue weighted by atomic mass is 9.93. The molecule has 22 heavy (non-hydrogen) atoms. The van der Waals surface area contributed by atoms with Gasteiger partial charge in [-0.1, -0.05) is 13.8 Å². The Hall–Kier alpha value is -1.67. The van der Waals surface area contributed by atoms with Crippen molar-refractivity contribution in [2.24, 2.45) is 15.5 Å². The van der Waals surface area contributed by atoms with Crippen LogP contribution in [0.2, 0.25) is 0 Å². The Bertz CT molecular complexity index is 662. The Labute approximate surface area is 131 Å². The minimum atomic E-state index is -3.50. The third kappa shape index (κ3) is 3.56. The molecular weight excluding hydrogens is 304 g/mol. The van der Waals surface area contributed by atoms with Crippen LogP contribution in [-0.2, 0) is 14.8 Å². The summed E-state index contributed by atoms with van der Waals surface area (Å²) in [6.07, 6.45) is 5.06. The van der Waals surface area contributed by atoms with Crippen molar-refractivity contribution >= 4 is 21.8 Å². The summed E-state index contributed by atoms with van der Waals surface area (Å²) in [7, 11) is -1.82. The third-order valence-corrected chi connectivity index (χ3v) is 4.80. The van der Waals surface area contributed by atoms with Crippen molar-refractivity contribution in [2.45, 2.75) is 13.8 Å². The lowest BCUT2D eigenvalue weighted by molar-refractivity contribution is -0.126. The molecule has 0 aromatic carbocycles. The standard InChI is InChI=1S/C14H22N4O3S/c1-14(2,9-15)10-17(3)13(19)11-5-4-6-18-7-8-22(20,21)16-12(11)18/h4-6H,7-10,15H2,1-3H3. The largest absolute Gasteiger partial charge is 0.341 e. The van der Waals surface area contributed by atoms with Gasteiger partial charge in [0, 0.05) is 26.3 Å². The van der Waals surface area contributed by atoms with Crippen molar-refractivity contribution in [1.82, 2.24) is 9.80 Å². The molecule has 2 heterocycles. The van der Waals surface area contributed by atoms with E-state index in [2.05, 4.69) is 4.40 Å². The van der Waals surface area contributed by atoms with E-state index in [-0.39, 0.29) is 22.9 Å². The lowest BCUT2D eigenvalue weighted by Gasteiger charge is -2.33. The molecule has 0 saturated carbocycles. The summed E-state index contributed by atoms with van der Waals surface area (Å²) >= 11 is 0. The minimum Gasteiger partial charge on any atom is -0.341 e. The predicted molar refractivity (Wildman–Crippen MR) is 85.6 cm³/mol. The summed E-state index contributed by atoms with van der Waals surface area (Å²) in [5.41, 5.74) is 5.78. The van der Waals surface area contributed by atoms with Gasteiger partial charge in [0.15, 0.2) is 5.84 Å². The highest BCUT2D eigenvalue weighted by molar-refractivity contribution is 7.90. The average Bonchev–Trinajstić information content (AvgIpc) is 2.44. The molecule has 0 aromatic heterocycles. The molecule has 0 spiro atoms. The second-order valence-electron chi connectivity index (χ2n) is 6.35. The molecule has 0 aromatic rings. The van der Waals surface area contributed by atoms with Crippen molar-refractivity contribution in [2.75, 3.05) is 32.4 Å². The first-order valence-corrected chi connectivity index (χ1v) is 8.70. The van der Waals surface area contributed by atoms with E-state index in [4.69, 9.17) is 5.73 Å². The van der Waals surface area contributed by atoms with Crippen LogP contribution in [0.1, 0.15) is 13.8 Å². The van der Waals surface area contributed by atoms with Crippen LogP contribution in [0.15, 0.2) is 28.3 Å². The molecule has 0 unspecified atom stereocenters. The molecule has 1 amide bonds. The van der Waals surface area contributed by atoms with Gasteiger partial charge in [-0.25, -0.2) is 8.42 Å². The van der Waals surface area contributed by atoms with Crippen molar-refractivity contribution in [3.8, 4) is 0 Å². The zero-order chi connectivity index (χ0) is 16.5. The van der Waals surface area contributed by atoms with Gasteiger partial charge in [0.2, 0.25) is 0 Å². The summed E-state index contributed by atoms with van der Waals surface area (Å²) < 4.78 is 27.2. The smallest absolute Gasteiger partial charge is 0.257 e. The normalized spacial score (nSPS) is 20.1. The number of likely N-dealkylation sites (N-methyl/N-ethyl adjacent to an activating group) is 1. The summed E-state index contributed by atoms with van der Waals surface area (Å²) in [5, 5.41) is 0. The van der Waals surface area contributed by atoms with Crippen LogP contribution in [0.3, 0.4) is 0 Å². The summed E-state index contributed by atoms with van der Waals surface area (Å²) in [6.45, 7) is 5.18. The Morgan fingerprint density at radius 1 is 1.50 bits per heavy atom. The topological polar surface area (TPSA) is 96.1 Å². The van der Waals surface area contributed by atoms with E-state index in [1.54, 1.807) is 35.2 Å². The zero-order valence-electron chi connectivity index (χ0n) is 13.1. The molecule has 0 fully saturated rings. The molecule has 0 radical (unpaired) electrons. The second kappa shape index (κ2) is 5.85. The molecule has 122 valence electrons. The van der Waals surface area contributed by atoms with Gasteiger partial charge in [0.1, 0.15) is 0 Å². The monoisotopic (exact) mass is 326 g/mol. The van der Waals surface area contributed by atoms with Crippen molar-refractivity contribution in [3.05, 3.63) is 23.9 Å². The number of allylic oxidation sites excluding steroid dienone is 2. The molecular formula is C14H22N4O3S. The molecule has 2 rings (SSSR count). The Morgan fingerprint density at radius 2 is 2.18 bits per heavy atom. The number of nitrogens with two attached hydrogens (primary N) is 1. The molecule has 2 N–H and O–H groups in total. The highest BCUT2D eigenvalue weighted by Gasteiger charge is 2.32. The van der Waals surface area contributed by atoms with Crippen LogP contribution in [-0.4, -0.2) is 62.4 Å². The van der Waals surface area contributed by atoms with E-state index in [0.29, 0.717) is 25.2 Å². The number of amides is 1. The van der Waals surface area contributed by atoms with E-state index < -0.39 is 10.0 Å². The molecule has 0 atom stereocenters. The molecule has 7 nitrogen and oxygen atoms in total. The predicted octanol–water partition coefficient (Wildman–Crippen LogP) is -0.0727. The third-order valence-electron chi connectivity index (χ3n) is 3.65. The minimum absolute atomic E-state index is 0.0433. The molecule has 2 aliphatic heterocycles. The highest BCUT2D eigenvalue weighted by atomic mass is 32.2. The fourth-order valence-corrected chi connectivity index (χ4v) is 3.35. The number of sulfonamides is 1. The van der Waals surface area contributed by atoms with Crippen LogP contribution >= 0.6 is 0 Å². The van der Waals surface area contributed by atoms with Crippen LogP contribution in [0.5, 0.6) is 0 Å². The van der Waals surface area contributed by atoms with Gasteiger partial charge in [-0.15, -0.1) is 4.40 Å². The Balaban J connectivity index is 2.27. The Morgan fingerprint density at radius 3 is 2.82 bits per heavy atom. The van der Waals surface area contributed by atoms with Gasteiger partial charge in [-0.3, -0.25) is 4.79 Å². The van der Waals surface area contributed by atoms with Crippen LogP contribution < -0.4 is 5.73 Å². The van der Waals surface area contributed by atoms with Crippen molar-refractivity contribution in [3.63, 3.8) is 0 Å². The number of fused-ring (bicyclic) bond motifs is 1. The van der Waals surface area contributed by atoms with Crippen LogP contribution in [0.25, 0.3) is 0 Å². The van der Waals surface area contributed by atoms with E-state index in [1.165, 1.54) is 0 Å². The van der Waals surface area contributed by atoms with Crippen molar-refractivity contribution < 1.29 is 13.2 Å². The highest BCUT2D eigenvalue weighted by Crippen LogP contribution is 2.21. The summed E-state index contributed by atoms with van der Waals surface area (Å²) in [4.78, 5) is 15.9. The van der Waals surface area contributed by atoms with E-state index in [0.717, 1.165) is 0 Å². The fraction of sp³-hybridized carbons (Fsp3) is 0.571. The summed E-state index contributed by atoms with van der Waals surface area (Å²) in [5.74, 6) is -0.0962. The number of amidine groups is 1. The van der Waals surface area contributed by atoms with Crippen LogP contribution in [0, 0.1) is 5.41 Å². The molecule has 8 heteroatoms. The number of nitrogens with zero attached hydrogens (tertiary/aromatic N) is 3. The first-order chi connectivity index (χ1) is 10.2. The molecule has 0 saturated heterocycles. The van der Waals surface area contributed by atoms with Gasteiger partial charge >= 0.3 is 0 Å². The van der Waals surface area contributed by atoms with Crippen LogP contribution in [0.4, 0.5) is 0 Å². The average molecular weight is 326 g/mol. The maximum Gasteiger partial charge on any atom is 0.257 e. The molecule has 0 bridgehead atoms. The van der Waals surface area contributed by atoms with Crippen molar-refractivity contribution in [1.29, 1.82) is 0 Å². The van der Waals surface area contributed by atoms with Gasteiger partial charge in [0.05, 0.1) is 11.3 Å². The number of carbonyl (C=O) groups is 1. The van der Waals surface area contributed by atoms with Gasteiger partial charge in [-0.2, -0.15) is 0 Å². The molecule has 2 aliphatic rings. The number of carbonyl (C=O) groups excluding carboxylic acids is 1. The fourth-order valence-electron chi connectivity index (χ4n) is 2.37.